The van der Waals surface area contributed by atoms with Gasteiger partial charge < -0.3 is 15.2 Å². The van der Waals surface area contributed by atoms with Gasteiger partial charge in [-0.1, -0.05) is 6.07 Å². The molecule has 0 unspecified atom stereocenters. The predicted octanol–water partition coefficient (Wildman–Crippen LogP) is 1.19. The molecule has 19 heavy (non-hydrogen) atoms. The van der Waals surface area contributed by atoms with Crippen LogP contribution in [-0.2, 0) is 6.54 Å². The van der Waals surface area contributed by atoms with Crippen LogP contribution in [0.5, 0.6) is 5.88 Å². The van der Waals surface area contributed by atoms with Gasteiger partial charge in [-0.05, 0) is 11.6 Å². The van der Waals surface area contributed by atoms with Gasteiger partial charge in [0, 0.05) is 18.8 Å². The monoisotopic (exact) mass is 260 g/mol. The second-order valence-electron chi connectivity index (χ2n) is 3.66. The number of pyridine rings is 1. The van der Waals surface area contributed by atoms with Gasteiger partial charge in [0.25, 0.3) is 0 Å². The normalized spacial score (nSPS) is 9.95. The van der Waals surface area contributed by atoms with Gasteiger partial charge in [-0.25, -0.2) is 19.7 Å². The first-order chi connectivity index (χ1) is 9.19. The zero-order valence-electron chi connectivity index (χ0n) is 10.2. The van der Waals surface area contributed by atoms with E-state index in [1.165, 1.54) is 25.7 Å². The molecule has 0 atom stereocenters. The molecule has 7 heteroatoms. The van der Waals surface area contributed by atoms with E-state index in [0.717, 1.165) is 5.56 Å². The quantitative estimate of drug-likeness (QED) is 0.833. The number of nitrogens with zero attached hydrogens (tertiary/aromatic N) is 3. The number of nitrogens with one attached hydrogen (secondary N) is 1. The van der Waals surface area contributed by atoms with Gasteiger partial charge in [-0.15, -0.1) is 0 Å². The lowest BCUT2D eigenvalue weighted by molar-refractivity contribution is 0.0690. The van der Waals surface area contributed by atoms with Crippen LogP contribution >= 0.6 is 0 Å². The van der Waals surface area contributed by atoms with Gasteiger partial charge in [-0.3, -0.25) is 0 Å². The Kier molecular flexibility index (Phi) is 3.87. The van der Waals surface area contributed by atoms with E-state index in [9.17, 15) is 4.79 Å². The van der Waals surface area contributed by atoms with Crippen LogP contribution in [0.1, 0.15) is 16.1 Å². The van der Waals surface area contributed by atoms with Crippen molar-refractivity contribution in [2.24, 2.45) is 0 Å². The molecule has 0 saturated heterocycles. The number of anilines is 1. The van der Waals surface area contributed by atoms with E-state index in [4.69, 9.17) is 9.84 Å². The highest BCUT2D eigenvalue weighted by molar-refractivity contribution is 5.85. The minimum Gasteiger partial charge on any atom is -0.481 e. The van der Waals surface area contributed by atoms with E-state index in [0.29, 0.717) is 18.2 Å². The topological polar surface area (TPSA) is 97.2 Å². The Morgan fingerprint density at radius 3 is 2.84 bits per heavy atom. The number of ether oxygens (including phenoxy) is 1. The summed E-state index contributed by atoms with van der Waals surface area (Å²) in [6, 6.07) is 4.82. The molecule has 2 aromatic rings. The summed E-state index contributed by atoms with van der Waals surface area (Å²) in [5.74, 6) is 0.0473. The fourth-order valence-electron chi connectivity index (χ4n) is 1.40. The third-order valence-corrected chi connectivity index (χ3v) is 2.37. The summed E-state index contributed by atoms with van der Waals surface area (Å²) in [6.45, 7) is 0.479. The molecule has 0 radical (unpaired) electrons. The highest BCUT2D eigenvalue weighted by Crippen LogP contribution is 2.11. The molecule has 2 N–H and O–H groups in total. The molecule has 2 aromatic heterocycles. The maximum Gasteiger partial charge on any atom is 0.354 e. The van der Waals surface area contributed by atoms with Crippen LogP contribution in [0, 0.1) is 0 Å². The Morgan fingerprint density at radius 1 is 1.37 bits per heavy atom. The summed E-state index contributed by atoms with van der Waals surface area (Å²) in [4.78, 5) is 22.4. The van der Waals surface area contributed by atoms with E-state index >= 15 is 0 Å². The van der Waals surface area contributed by atoms with Gasteiger partial charge in [0.05, 0.1) is 7.11 Å². The number of aromatic carboxylic acids is 1. The average molecular weight is 260 g/mol. The average Bonchev–Trinajstić information content (AvgIpc) is 2.46. The maximum atomic E-state index is 10.7. The van der Waals surface area contributed by atoms with Crippen molar-refractivity contribution in [2.45, 2.75) is 6.54 Å². The number of carboxylic acids is 1. The van der Waals surface area contributed by atoms with E-state index in [1.807, 2.05) is 0 Å². The third kappa shape index (κ3) is 3.38. The zero-order valence-corrected chi connectivity index (χ0v) is 10.2. The number of aromatic nitrogens is 3. The summed E-state index contributed by atoms with van der Waals surface area (Å²) >= 11 is 0. The number of carbonyl (C=O) groups is 1. The second-order valence-corrected chi connectivity index (χ2v) is 3.66. The molecule has 0 aliphatic heterocycles. The molecular weight excluding hydrogens is 248 g/mol. The van der Waals surface area contributed by atoms with Crippen molar-refractivity contribution in [3.05, 3.63) is 42.0 Å². The summed E-state index contributed by atoms with van der Waals surface area (Å²) < 4.78 is 4.98. The molecular formula is C12H12N4O3. The molecule has 0 aliphatic carbocycles. The Morgan fingerprint density at radius 2 is 2.21 bits per heavy atom. The molecule has 7 nitrogen and oxygen atoms in total. The van der Waals surface area contributed by atoms with Crippen LogP contribution < -0.4 is 10.1 Å². The van der Waals surface area contributed by atoms with Crippen LogP contribution in [0.2, 0.25) is 0 Å². The first-order valence-corrected chi connectivity index (χ1v) is 5.47. The number of methoxy groups -OCH3 is 1. The second kappa shape index (κ2) is 5.76. The molecule has 2 heterocycles. The highest BCUT2D eigenvalue weighted by Gasteiger charge is 2.04. The summed E-state index contributed by atoms with van der Waals surface area (Å²) in [6.07, 6.45) is 2.90. The van der Waals surface area contributed by atoms with Crippen molar-refractivity contribution in [3.8, 4) is 5.88 Å². The van der Waals surface area contributed by atoms with Crippen molar-refractivity contribution in [1.29, 1.82) is 0 Å². The summed E-state index contributed by atoms with van der Waals surface area (Å²) in [7, 11) is 1.53. The molecule has 2 rings (SSSR count). The summed E-state index contributed by atoms with van der Waals surface area (Å²) in [5, 5.41) is 11.8. The van der Waals surface area contributed by atoms with Crippen molar-refractivity contribution in [1.82, 2.24) is 15.0 Å². The lowest BCUT2D eigenvalue weighted by atomic mass is 10.2. The largest absolute Gasteiger partial charge is 0.481 e. The minimum atomic E-state index is -1.04. The third-order valence-electron chi connectivity index (χ3n) is 2.37. The zero-order chi connectivity index (χ0) is 13.7. The van der Waals surface area contributed by atoms with E-state index in [2.05, 4.69) is 20.3 Å². The SMILES string of the molecule is COc1cc(NCc2ccc(C(=O)O)nc2)ncn1. The lowest BCUT2D eigenvalue weighted by Crippen LogP contribution is -2.04. The van der Waals surface area contributed by atoms with E-state index in [-0.39, 0.29) is 5.69 Å². The molecule has 0 bridgehead atoms. The van der Waals surface area contributed by atoms with Crippen LogP contribution in [0.3, 0.4) is 0 Å². The van der Waals surface area contributed by atoms with Gasteiger partial charge in [0.1, 0.15) is 17.8 Å². The maximum absolute atomic E-state index is 10.7. The highest BCUT2D eigenvalue weighted by atomic mass is 16.5. The van der Waals surface area contributed by atoms with Gasteiger partial charge >= 0.3 is 5.97 Å². The van der Waals surface area contributed by atoms with E-state index < -0.39 is 5.97 Å². The Hall–Kier alpha value is -2.70. The molecule has 98 valence electrons. The molecule has 0 saturated carbocycles. The fourth-order valence-corrected chi connectivity index (χ4v) is 1.40. The van der Waals surface area contributed by atoms with Crippen molar-refractivity contribution in [2.75, 3.05) is 12.4 Å². The number of carboxylic acid groups (broad SMARTS) is 1. The van der Waals surface area contributed by atoms with Gasteiger partial charge in [0.15, 0.2) is 0 Å². The first kappa shape index (κ1) is 12.7. The lowest BCUT2D eigenvalue weighted by Gasteiger charge is -2.06. The molecule has 0 aliphatic rings. The van der Waals surface area contributed by atoms with Gasteiger partial charge in [-0.2, -0.15) is 0 Å². The van der Waals surface area contributed by atoms with E-state index in [1.54, 1.807) is 12.1 Å². The van der Waals surface area contributed by atoms with Crippen LogP contribution in [0.25, 0.3) is 0 Å². The molecule has 0 fully saturated rings. The van der Waals surface area contributed by atoms with Crippen molar-refractivity contribution < 1.29 is 14.6 Å². The number of hydrogen-bond donors (Lipinski definition) is 2. The van der Waals surface area contributed by atoms with Crippen molar-refractivity contribution >= 4 is 11.8 Å². The number of hydrogen-bond acceptors (Lipinski definition) is 6. The molecule has 0 amide bonds. The first-order valence-electron chi connectivity index (χ1n) is 5.47. The van der Waals surface area contributed by atoms with Gasteiger partial charge in [0.2, 0.25) is 5.88 Å². The Balaban J connectivity index is 1.99. The van der Waals surface area contributed by atoms with Crippen LogP contribution in [-0.4, -0.2) is 33.1 Å². The Bertz CT molecular complexity index is 571. The molecule has 0 aromatic carbocycles. The molecule has 0 spiro atoms. The minimum absolute atomic E-state index is 0.0208. The smallest absolute Gasteiger partial charge is 0.354 e. The van der Waals surface area contributed by atoms with Crippen LogP contribution in [0.4, 0.5) is 5.82 Å². The summed E-state index contributed by atoms with van der Waals surface area (Å²) in [5.41, 5.74) is 0.870. The number of rotatable bonds is 5. The fraction of sp³-hybridized carbons (Fsp3) is 0.167. The van der Waals surface area contributed by atoms with Crippen LogP contribution in [0.15, 0.2) is 30.7 Å². The van der Waals surface area contributed by atoms with Crippen molar-refractivity contribution in [3.63, 3.8) is 0 Å². The standard InChI is InChI=1S/C12H12N4O3/c1-19-11-4-10(15-7-16-11)14-6-8-2-3-9(12(17)18)13-5-8/h2-5,7H,6H2,1H3,(H,17,18)(H,14,15,16). The predicted molar refractivity (Wildman–Crippen MR) is 67.1 cm³/mol. The Labute approximate surface area is 109 Å².